The molecule has 206 valence electrons. The first-order chi connectivity index (χ1) is 18.7. The molecule has 1 unspecified atom stereocenters. The summed E-state index contributed by atoms with van der Waals surface area (Å²) in [5.41, 5.74) is 0.893. The van der Waals surface area contributed by atoms with Crippen molar-refractivity contribution in [3.8, 4) is 11.5 Å². The minimum Gasteiger partial charge on any atom is -0.497 e. The van der Waals surface area contributed by atoms with Crippen molar-refractivity contribution in [2.24, 2.45) is 0 Å². The highest BCUT2D eigenvalue weighted by molar-refractivity contribution is 6.05. The van der Waals surface area contributed by atoms with Gasteiger partial charge in [0, 0.05) is 42.8 Å². The van der Waals surface area contributed by atoms with Crippen LogP contribution in [0, 0.1) is 11.6 Å². The zero-order chi connectivity index (χ0) is 27.7. The maximum absolute atomic E-state index is 14.4. The largest absolute Gasteiger partial charge is 0.497 e. The van der Waals surface area contributed by atoms with Crippen LogP contribution in [0.5, 0.6) is 11.5 Å². The van der Waals surface area contributed by atoms with E-state index in [-0.39, 0.29) is 61.1 Å². The number of hydrogen-bond donors (Lipinski definition) is 1. The lowest BCUT2D eigenvalue weighted by Gasteiger charge is -2.35. The molecule has 2 fully saturated rings. The van der Waals surface area contributed by atoms with Crippen LogP contribution in [0.25, 0.3) is 0 Å². The van der Waals surface area contributed by atoms with Gasteiger partial charge in [0.15, 0.2) is 0 Å². The molecule has 0 aliphatic carbocycles. The fraction of sp³-hybridized carbons (Fsp3) is 0.429. The maximum Gasteiger partial charge on any atom is 0.255 e. The number of nitrogens with zero attached hydrogens (tertiary/aromatic N) is 2. The van der Waals surface area contributed by atoms with Crippen molar-refractivity contribution in [1.82, 2.24) is 15.1 Å². The van der Waals surface area contributed by atoms with Crippen LogP contribution in [0.3, 0.4) is 0 Å². The third-order valence-corrected chi connectivity index (χ3v) is 7.56. The Labute approximate surface area is 224 Å². The molecule has 3 aliphatic heterocycles. The van der Waals surface area contributed by atoms with E-state index in [1.54, 1.807) is 23.1 Å². The number of nitrogens with one attached hydrogen (secondary N) is 1. The molecular weight excluding hydrogens is 512 g/mol. The van der Waals surface area contributed by atoms with E-state index in [9.17, 15) is 28.0 Å². The van der Waals surface area contributed by atoms with E-state index >= 15 is 0 Å². The second kappa shape index (κ2) is 11.0. The highest BCUT2D eigenvalue weighted by atomic mass is 19.1. The normalized spacial score (nSPS) is 21.1. The van der Waals surface area contributed by atoms with Crippen molar-refractivity contribution in [2.75, 3.05) is 20.3 Å². The third kappa shape index (κ3) is 5.43. The number of piperidine rings is 2. The highest BCUT2D eigenvalue weighted by Crippen LogP contribution is 2.31. The summed E-state index contributed by atoms with van der Waals surface area (Å²) in [5.74, 6) is -2.57. The molecule has 1 N–H and O–H groups in total. The molecule has 0 radical (unpaired) electrons. The Balaban J connectivity index is 1.23. The lowest BCUT2D eigenvalue weighted by atomic mass is 10.0. The molecule has 0 aromatic heterocycles. The Morgan fingerprint density at radius 3 is 2.54 bits per heavy atom. The van der Waals surface area contributed by atoms with Gasteiger partial charge in [-0.05, 0) is 49.4 Å². The van der Waals surface area contributed by atoms with Gasteiger partial charge in [0.2, 0.25) is 17.7 Å². The second-order valence-electron chi connectivity index (χ2n) is 10.0. The summed E-state index contributed by atoms with van der Waals surface area (Å²) in [6.45, 7) is 0.874. The molecule has 2 saturated heterocycles. The van der Waals surface area contributed by atoms with Crippen molar-refractivity contribution < 1.29 is 37.4 Å². The Hall–Kier alpha value is -4.02. The molecule has 9 nitrogen and oxygen atoms in total. The van der Waals surface area contributed by atoms with Crippen LogP contribution in [0.15, 0.2) is 30.3 Å². The lowest BCUT2D eigenvalue weighted by Crippen LogP contribution is -2.52. The monoisotopic (exact) mass is 541 g/mol. The van der Waals surface area contributed by atoms with E-state index in [0.29, 0.717) is 29.8 Å². The van der Waals surface area contributed by atoms with Crippen molar-refractivity contribution >= 4 is 23.6 Å². The topological polar surface area (TPSA) is 105 Å². The predicted octanol–water partition coefficient (Wildman–Crippen LogP) is 2.74. The van der Waals surface area contributed by atoms with Gasteiger partial charge in [-0.1, -0.05) is 0 Å². The van der Waals surface area contributed by atoms with Gasteiger partial charge in [-0.2, -0.15) is 0 Å². The molecule has 3 aliphatic rings. The second-order valence-corrected chi connectivity index (χ2v) is 10.0. The number of fused-ring (bicyclic) bond motifs is 1. The van der Waals surface area contributed by atoms with Crippen LogP contribution < -0.4 is 14.8 Å². The van der Waals surface area contributed by atoms with Gasteiger partial charge in [0.1, 0.15) is 35.8 Å². The average Bonchev–Trinajstić information content (AvgIpc) is 3.24. The highest BCUT2D eigenvalue weighted by Gasteiger charge is 2.39. The summed E-state index contributed by atoms with van der Waals surface area (Å²) in [7, 11) is 1.31. The number of likely N-dealkylation sites (tertiary alicyclic amines) is 1. The van der Waals surface area contributed by atoms with Gasteiger partial charge < -0.3 is 19.3 Å². The summed E-state index contributed by atoms with van der Waals surface area (Å²) in [6, 6.07) is 6.21. The number of benzene rings is 2. The Kier molecular flexibility index (Phi) is 7.49. The van der Waals surface area contributed by atoms with Gasteiger partial charge in [-0.25, -0.2) is 8.78 Å². The molecule has 5 rings (SSSR count). The van der Waals surface area contributed by atoms with E-state index in [4.69, 9.17) is 9.47 Å². The summed E-state index contributed by atoms with van der Waals surface area (Å²) < 4.78 is 39.8. The Morgan fingerprint density at radius 2 is 1.82 bits per heavy atom. The first-order valence-electron chi connectivity index (χ1n) is 13.0. The number of halogens is 2. The van der Waals surface area contributed by atoms with Gasteiger partial charge in [0.25, 0.3) is 5.91 Å². The van der Waals surface area contributed by atoms with Crippen LogP contribution in [0.4, 0.5) is 8.78 Å². The molecule has 2 atom stereocenters. The molecule has 0 saturated carbocycles. The number of carbonyl (C=O) groups is 4. The van der Waals surface area contributed by atoms with Crippen molar-refractivity contribution in [3.63, 3.8) is 0 Å². The zero-order valence-corrected chi connectivity index (χ0v) is 21.5. The standard InChI is InChI=1S/C28H29F2N3O6/c1-38-19-11-22(29)21(23(30)12-19)13-26(35)32-9-3-2-4-17(32)15-39-18-5-6-20-16(10-18)14-33(28(20)37)24-7-8-25(34)31-27(24)36/h5-6,10-12,17,24H,2-4,7-9,13-15H2,1H3,(H,31,34,36)/t17-,24?/m1/s1. The molecule has 2 aromatic rings. The van der Waals surface area contributed by atoms with E-state index < -0.39 is 30.0 Å². The summed E-state index contributed by atoms with van der Waals surface area (Å²) in [5, 5.41) is 2.29. The fourth-order valence-corrected chi connectivity index (χ4v) is 5.45. The van der Waals surface area contributed by atoms with Crippen molar-refractivity contribution in [3.05, 3.63) is 58.7 Å². The smallest absolute Gasteiger partial charge is 0.255 e. The van der Waals surface area contributed by atoms with Gasteiger partial charge in [-0.3, -0.25) is 24.5 Å². The number of methoxy groups -OCH3 is 1. The first-order valence-corrected chi connectivity index (χ1v) is 13.0. The molecule has 2 aromatic carbocycles. The number of imide groups is 1. The van der Waals surface area contributed by atoms with E-state index in [1.807, 2.05) is 0 Å². The minimum absolute atomic E-state index is 0.0433. The average molecular weight is 542 g/mol. The molecule has 4 amide bonds. The van der Waals surface area contributed by atoms with Crippen LogP contribution >= 0.6 is 0 Å². The van der Waals surface area contributed by atoms with Gasteiger partial charge in [0.05, 0.1) is 19.6 Å². The van der Waals surface area contributed by atoms with Gasteiger partial charge in [-0.15, -0.1) is 0 Å². The molecule has 0 bridgehead atoms. The Morgan fingerprint density at radius 1 is 1.05 bits per heavy atom. The summed E-state index contributed by atoms with van der Waals surface area (Å²) in [6.07, 6.45) is 2.42. The molecular formula is C28H29F2N3O6. The molecule has 39 heavy (non-hydrogen) atoms. The zero-order valence-electron chi connectivity index (χ0n) is 21.5. The SMILES string of the molecule is COc1cc(F)c(CC(=O)N2CCCC[C@@H]2COc2ccc3c(c2)CN(C2CCC(=O)NC2=O)C3=O)c(F)c1. The quantitative estimate of drug-likeness (QED) is 0.541. The van der Waals surface area contributed by atoms with E-state index in [1.165, 1.54) is 12.0 Å². The minimum atomic E-state index is -0.830. The predicted molar refractivity (Wildman–Crippen MR) is 134 cm³/mol. The first kappa shape index (κ1) is 26.6. The summed E-state index contributed by atoms with van der Waals surface area (Å²) in [4.78, 5) is 52.8. The molecule has 0 spiro atoms. The number of carbonyl (C=O) groups excluding carboxylic acids is 4. The number of rotatable bonds is 7. The maximum atomic E-state index is 14.4. The summed E-state index contributed by atoms with van der Waals surface area (Å²) >= 11 is 0. The number of ether oxygens (including phenoxy) is 2. The number of amides is 4. The van der Waals surface area contributed by atoms with E-state index in [2.05, 4.69) is 5.32 Å². The van der Waals surface area contributed by atoms with Crippen LogP contribution in [0.2, 0.25) is 0 Å². The number of hydrogen-bond acceptors (Lipinski definition) is 6. The van der Waals surface area contributed by atoms with Crippen LogP contribution in [0.1, 0.15) is 53.6 Å². The van der Waals surface area contributed by atoms with Crippen molar-refractivity contribution in [2.45, 2.75) is 57.2 Å². The lowest BCUT2D eigenvalue weighted by molar-refractivity contribution is -0.137. The van der Waals surface area contributed by atoms with Gasteiger partial charge >= 0.3 is 0 Å². The van der Waals surface area contributed by atoms with Crippen LogP contribution in [-0.2, 0) is 27.3 Å². The fourth-order valence-electron chi connectivity index (χ4n) is 5.45. The third-order valence-electron chi connectivity index (χ3n) is 7.56. The van der Waals surface area contributed by atoms with Crippen molar-refractivity contribution in [1.29, 1.82) is 0 Å². The molecule has 3 heterocycles. The van der Waals surface area contributed by atoms with Crippen LogP contribution in [-0.4, -0.2) is 65.8 Å². The Bertz CT molecular complexity index is 1310. The molecule has 11 heteroatoms. The van der Waals surface area contributed by atoms with E-state index in [0.717, 1.165) is 25.0 Å².